The van der Waals surface area contributed by atoms with Crippen LogP contribution in [0.2, 0.25) is 0 Å². The molecule has 1 atom stereocenters. The first-order chi connectivity index (χ1) is 11.1. The summed E-state index contributed by atoms with van der Waals surface area (Å²) in [4.78, 5) is 12.5. The van der Waals surface area contributed by atoms with Gasteiger partial charge < -0.3 is 14.8 Å². The Morgan fingerprint density at radius 1 is 1.13 bits per heavy atom. The Bertz CT molecular complexity index is 643. The Morgan fingerprint density at radius 2 is 1.83 bits per heavy atom. The van der Waals surface area contributed by atoms with E-state index in [9.17, 15) is 4.79 Å². The number of methoxy groups -OCH3 is 1. The lowest BCUT2D eigenvalue weighted by atomic mass is 10.1. The predicted molar refractivity (Wildman–Crippen MR) is 93.8 cm³/mol. The third-order valence-electron chi connectivity index (χ3n) is 3.39. The maximum absolute atomic E-state index is 12.5. The van der Waals surface area contributed by atoms with Crippen molar-refractivity contribution in [1.29, 1.82) is 0 Å². The van der Waals surface area contributed by atoms with Gasteiger partial charge in [-0.05, 0) is 36.8 Å². The van der Waals surface area contributed by atoms with Crippen LogP contribution in [0, 0.1) is 0 Å². The lowest BCUT2D eigenvalue weighted by Gasteiger charge is -2.16. The molecular formula is C18H20BrNO3. The SMILES string of the molecule is COCCOc1ccccc1C(=O)NC(C)c1ccc(Br)cc1. The first kappa shape index (κ1) is 17.5. The van der Waals surface area contributed by atoms with Crippen LogP contribution in [-0.2, 0) is 4.74 Å². The summed E-state index contributed by atoms with van der Waals surface area (Å²) in [5.74, 6) is 0.401. The monoisotopic (exact) mass is 377 g/mol. The number of hydrogen-bond donors (Lipinski definition) is 1. The molecule has 122 valence electrons. The summed E-state index contributed by atoms with van der Waals surface area (Å²) in [6, 6.07) is 15.0. The average molecular weight is 378 g/mol. The summed E-state index contributed by atoms with van der Waals surface area (Å²) in [5, 5.41) is 3.00. The molecule has 2 aromatic rings. The van der Waals surface area contributed by atoms with Gasteiger partial charge in [0.1, 0.15) is 12.4 Å². The smallest absolute Gasteiger partial charge is 0.255 e. The molecule has 0 saturated carbocycles. The molecule has 2 aromatic carbocycles. The number of nitrogens with one attached hydrogen (secondary N) is 1. The van der Waals surface area contributed by atoms with E-state index in [0.29, 0.717) is 24.5 Å². The van der Waals surface area contributed by atoms with Gasteiger partial charge >= 0.3 is 0 Å². The molecule has 1 amide bonds. The first-order valence-corrected chi connectivity index (χ1v) is 8.18. The van der Waals surface area contributed by atoms with E-state index >= 15 is 0 Å². The molecule has 0 fully saturated rings. The van der Waals surface area contributed by atoms with Crippen LogP contribution in [0.15, 0.2) is 53.0 Å². The van der Waals surface area contributed by atoms with Crippen molar-refractivity contribution in [3.8, 4) is 5.75 Å². The highest BCUT2D eigenvalue weighted by Gasteiger charge is 2.15. The Kier molecular flexibility index (Phi) is 6.62. The van der Waals surface area contributed by atoms with E-state index in [1.54, 1.807) is 19.2 Å². The van der Waals surface area contributed by atoms with E-state index in [2.05, 4.69) is 21.2 Å². The molecule has 0 aromatic heterocycles. The fourth-order valence-corrected chi connectivity index (χ4v) is 2.39. The van der Waals surface area contributed by atoms with Crippen LogP contribution in [0.5, 0.6) is 5.75 Å². The topological polar surface area (TPSA) is 47.6 Å². The quantitative estimate of drug-likeness (QED) is 0.742. The van der Waals surface area contributed by atoms with Crippen molar-refractivity contribution in [2.75, 3.05) is 20.3 Å². The molecule has 23 heavy (non-hydrogen) atoms. The number of benzene rings is 2. The Morgan fingerprint density at radius 3 is 2.52 bits per heavy atom. The molecule has 0 saturated heterocycles. The number of carbonyl (C=O) groups is 1. The van der Waals surface area contributed by atoms with Crippen molar-refractivity contribution in [3.63, 3.8) is 0 Å². The summed E-state index contributed by atoms with van der Waals surface area (Å²) < 4.78 is 11.6. The largest absolute Gasteiger partial charge is 0.490 e. The minimum Gasteiger partial charge on any atom is -0.490 e. The lowest BCUT2D eigenvalue weighted by molar-refractivity contribution is 0.0932. The zero-order valence-corrected chi connectivity index (χ0v) is 14.8. The van der Waals surface area contributed by atoms with Crippen LogP contribution in [0.1, 0.15) is 28.9 Å². The highest BCUT2D eigenvalue weighted by Crippen LogP contribution is 2.21. The van der Waals surface area contributed by atoms with Crippen LogP contribution < -0.4 is 10.1 Å². The van der Waals surface area contributed by atoms with Gasteiger partial charge in [0, 0.05) is 11.6 Å². The third-order valence-corrected chi connectivity index (χ3v) is 3.92. The second kappa shape index (κ2) is 8.70. The van der Waals surface area contributed by atoms with Gasteiger partial charge in [-0.15, -0.1) is 0 Å². The molecule has 1 unspecified atom stereocenters. The molecular weight excluding hydrogens is 358 g/mol. The van der Waals surface area contributed by atoms with Crippen molar-refractivity contribution >= 4 is 21.8 Å². The molecule has 5 heteroatoms. The second-order valence-corrected chi connectivity index (χ2v) is 6.00. The van der Waals surface area contributed by atoms with Gasteiger partial charge in [-0.3, -0.25) is 4.79 Å². The number of amides is 1. The molecule has 0 aliphatic carbocycles. The van der Waals surface area contributed by atoms with E-state index in [-0.39, 0.29) is 11.9 Å². The molecule has 0 radical (unpaired) electrons. The van der Waals surface area contributed by atoms with Crippen LogP contribution in [-0.4, -0.2) is 26.2 Å². The minimum atomic E-state index is -0.159. The highest BCUT2D eigenvalue weighted by molar-refractivity contribution is 9.10. The normalized spacial score (nSPS) is 11.8. The zero-order valence-electron chi connectivity index (χ0n) is 13.2. The van der Waals surface area contributed by atoms with Crippen LogP contribution in [0.25, 0.3) is 0 Å². The maximum atomic E-state index is 12.5. The molecule has 2 rings (SSSR count). The van der Waals surface area contributed by atoms with Crippen LogP contribution >= 0.6 is 15.9 Å². The number of hydrogen-bond acceptors (Lipinski definition) is 3. The molecule has 0 aliphatic rings. The maximum Gasteiger partial charge on any atom is 0.255 e. The zero-order chi connectivity index (χ0) is 16.7. The van der Waals surface area contributed by atoms with Crippen molar-refractivity contribution < 1.29 is 14.3 Å². The van der Waals surface area contributed by atoms with Gasteiger partial charge in [0.25, 0.3) is 5.91 Å². The molecule has 4 nitrogen and oxygen atoms in total. The van der Waals surface area contributed by atoms with Crippen LogP contribution in [0.3, 0.4) is 0 Å². The van der Waals surface area contributed by atoms with E-state index < -0.39 is 0 Å². The van der Waals surface area contributed by atoms with Gasteiger partial charge in [0.05, 0.1) is 18.2 Å². The fourth-order valence-electron chi connectivity index (χ4n) is 2.12. The number of rotatable bonds is 7. The van der Waals surface area contributed by atoms with Gasteiger partial charge in [-0.1, -0.05) is 40.2 Å². The second-order valence-electron chi connectivity index (χ2n) is 5.08. The summed E-state index contributed by atoms with van der Waals surface area (Å²) >= 11 is 3.41. The highest BCUT2D eigenvalue weighted by atomic mass is 79.9. The summed E-state index contributed by atoms with van der Waals surface area (Å²) in [5.41, 5.74) is 1.56. The average Bonchev–Trinajstić information content (AvgIpc) is 2.56. The fraction of sp³-hybridized carbons (Fsp3) is 0.278. The molecule has 1 N–H and O–H groups in total. The number of carbonyl (C=O) groups excluding carboxylic acids is 1. The number of halogens is 1. The summed E-state index contributed by atoms with van der Waals surface area (Å²) in [6.07, 6.45) is 0. The lowest BCUT2D eigenvalue weighted by Crippen LogP contribution is -2.27. The van der Waals surface area contributed by atoms with Gasteiger partial charge in [0.2, 0.25) is 0 Å². The van der Waals surface area contributed by atoms with Crippen molar-refractivity contribution in [2.24, 2.45) is 0 Å². The predicted octanol–water partition coefficient (Wildman–Crippen LogP) is 3.97. The van der Waals surface area contributed by atoms with Gasteiger partial charge in [-0.25, -0.2) is 0 Å². The van der Waals surface area contributed by atoms with E-state index in [0.717, 1.165) is 10.0 Å². The van der Waals surface area contributed by atoms with Gasteiger partial charge in [0.15, 0.2) is 0 Å². The molecule has 0 aliphatic heterocycles. The Hall–Kier alpha value is -1.85. The molecule has 0 spiro atoms. The Balaban J connectivity index is 2.06. The Labute approximate surface area is 144 Å². The third kappa shape index (κ3) is 5.08. The first-order valence-electron chi connectivity index (χ1n) is 7.39. The van der Waals surface area contributed by atoms with Crippen molar-refractivity contribution in [3.05, 3.63) is 64.1 Å². The van der Waals surface area contributed by atoms with E-state index in [1.807, 2.05) is 43.3 Å². The molecule has 0 heterocycles. The number of ether oxygens (including phenoxy) is 2. The summed E-state index contributed by atoms with van der Waals surface area (Å²) in [7, 11) is 1.61. The summed E-state index contributed by atoms with van der Waals surface area (Å²) in [6.45, 7) is 2.84. The number of para-hydroxylation sites is 1. The minimum absolute atomic E-state index is 0.0948. The van der Waals surface area contributed by atoms with E-state index in [4.69, 9.17) is 9.47 Å². The van der Waals surface area contributed by atoms with Crippen LogP contribution in [0.4, 0.5) is 0 Å². The van der Waals surface area contributed by atoms with Crippen molar-refractivity contribution in [1.82, 2.24) is 5.32 Å². The van der Waals surface area contributed by atoms with E-state index in [1.165, 1.54) is 0 Å². The van der Waals surface area contributed by atoms with Gasteiger partial charge in [-0.2, -0.15) is 0 Å². The standard InChI is InChI=1S/C18H20BrNO3/c1-13(14-7-9-15(19)10-8-14)20-18(21)16-5-3-4-6-17(16)23-12-11-22-2/h3-10,13H,11-12H2,1-2H3,(H,20,21). The molecule has 0 bridgehead atoms. The van der Waals surface area contributed by atoms with Crippen molar-refractivity contribution in [2.45, 2.75) is 13.0 Å².